The van der Waals surface area contributed by atoms with E-state index < -0.39 is 10.7 Å². The van der Waals surface area contributed by atoms with Crippen LogP contribution in [0.2, 0.25) is 0 Å². The molecule has 0 aliphatic carbocycles. The molecule has 0 spiro atoms. The number of anilines is 2. The van der Waals surface area contributed by atoms with Crippen LogP contribution in [-0.4, -0.2) is 30.4 Å². The maximum atomic E-state index is 12.3. The van der Waals surface area contributed by atoms with Gasteiger partial charge in [0.2, 0.25) is 0 Å². The fourth-order valence-corrected chi connectivity index (χ4v) is 2.60. The maximum Gasteiger partial charge on any atom is 0.307 e. The number of thioether (sulfide) groups is 1. The van der Waals surface area contributed by atoms with Gasteiger partial charge in [-0.3, -0.25) is 10.1 Å². The molecule has 0 amide bonds. The van der Waals surface area contributed by atoms with Crippen molar-refractivity contribution in [3.63, 3.8) is 0 Å². The number of nitrogens with one attached hydrogen (secondary N) is 1. The third kappa shape index (κ3) is 4.30. The average Bonchev–Trinajstić information content (AvgIpc) is 3.06. The Bertz CT molecular complexity index is 932. The summed E-state index contributed by atoms with van der Waals surface area (Å²) >= 11 is 0.467. The molecule has 11 heteroatoms. The normalized spacial score (nSPS) is 10.9. The summed E-state index contributed by atoms with van der Waals surface area (Å²) in [5.41, 5.74) is 1.11. The third-order valence-corrected chi connectivity index (χ3v) is 3.90. The zero-order valence-corrected chi connectivity index (χ0v) is 14.2. The smallest absolute Gasteiger partial charge is 0.307 e. The molecule has 0 saturated carbocycles. The second-order valence-corrected chi connectivity index (χ2v) is 6.19. The summed E-state index contributed by atoms with van der Waals surface area (Å²) in [5.74, 6) is -1.86. The Labute approximate surface area is 150 Å². The molecule has 0 radical (unpaired) electrons. The number of rotatable bonds is 6. The topological polar surface area (TPSA) is 98.8 Å². The van der Waals surface area contributed by atoms with Crippen LogP contribution in [0.15, 0.2) is 47.6 Å². The van der Waals surface area contributed by atoms with E-state index in [0.29, 0.717) is 33.9 Å². The van der Waals surface area contributed by atoms with Gasteiger partial charge in [0, 0.05) is 22.3 Å². The zero-order valence-electron chi connectivity index (χ0n) is 13.3. The number of aryl methyl sites for hydroxylation is 1. The number of hydrogen-bond donors (Lipinski definition) is 1. The molecule has 1 aromatic carbocycles. The van der Waals surface area contributed by atoms with Crippen molar-refractivity contribution in [2.24, 2.45) is 0 Å². The van der Waals surface area contributed by atoms with Crippen molar-refractivity contribution in [1.29, 1.82) is 0 Å². The highest BCUT2D eigenvalue weighted by molar-refractivity contribution is 7.99. The Morgan fingerprint density at radius 1 is 1.27 bits per heavy atom. The molecule has 3 rings (SSSR count). The van der Waals surface area contributed by atoms with E-state index in [4.69, 9.17) is 0 Å². The molecular formula is C15H12F2N6O2S. The molecule has 0 aliphatic rings. The Balaban J connectivity index is 1.82. The Morgan fingerprint density at radius 2 is 2.00 bits per heavy atom. The Hall–Kier alpha value is -3.08. The molecule has 26 heavy (non-hydrogen) atoms. The molecule has 2 aromatic heterocycles. The summed E-state index contributed by atoms with van der Waals surface area (Å²) in [6, 6.07) is 8.14. The van der Waals surface area contributed by atoms with E-state index in [9.17, 15) is 18.9 Å². The van der Waals surface area contributed by atoms with E-state index in [1.165, 1.54) is 10.9 Å². The van der Waals surface area contributed by atoms with Gasteiger partial charge in [-0.15, -0.1) is 0 Å². The Morgan fingerprint density at radius 3 is 2.62 bits per heavy atom. The van der Waals surface area contributed by atoms with Gasteiger partial charge in [0.05, 0.1) is 4.92 Å². The van der Waals surface area contributed by atoms with Crippen LogP contribution < -0.4 is 5.32 Å². The second-order valence-electron chi connectivity index (χ2n) is 5.12. The van der Waals surface area contributed by atoms with Crippen molar-refractivity contribution >= 4 is 29.0 Å². The van der Waals surface area contributed by atoms with E-state index in [-0.39, 0.29) is 11.6 Å². The monoisotopic (exact) mass is 378 g/mol. The summed E-state index contributed by atoms with van der Waals surface area (Å²) in [7, 11) is 0. The van der Waals surface area contributed by atoms with E-state index >= 15 is 0 Å². The van der Waals surface area contributed by atoms with Gasteiger partial charge >= 0.3 is 5.69 Å². The number of benzene rings is 1. The van der Waals surface area contributed by atoms with Gasteiger partial charge in [-0.2, -0.15) is 23.5 Å². The summed E-state index contributed by atoms with van der Waals surface area (Å²) in [6.45, 7) is 1.75. The summed E-state index contributed by atoms with van der Waals surface area (Å²) in [5, 5.41) is 17.7. The quantitative estimate of drug-likeness (QED) is 0.394. The SMILES string of the molecule is Cc1cc(Nc2ccc(SC(F)F)cc2)nc(-n2cc([N+](=O)[O-])cn2)n1. The predicted octanol–water partition coefficient (Wildman–Crippen LogP) is 3.94. The number of halogens is 2. The largest absolute Gasteiger partial charge is 0.340 e. The average molecular weight is 378 g/mol. The van der Waals surface area contributed by atoms with Crippen LogP contribution in [-0.2, 0) is 0 Å². The lowest BCUT2D eigenvalue weighted by atomic mass is 10.3. The van der Waals surface area contributed by atoms with Crippen molar-refractivity contribution in [3.8, 4) is 5.95 Å². The molecule has 0 fully saturated rings. The molecule has 0 unspecified atom stereocenters. The molecule has 134 valence electrons. The van der Waals surface area contributed by atoms with Crippen molar-refractivity contribution < 1.29 is 13.7 Å². The van der Waals surface area contributed by atoms with Crippen LogP contribution in [0.25, 0.3) is 5.95 Å². The molecule has 1 N–H and O–H groups in total. The van der Waals surface area contributed by atoms with Crippen molar-refractivity contribution in [2.75, 3.05) is 5.32 Å². The fraction of sp³-hybridized carbons (Fsp3) is 0.133. The van der Waals surface area contributed by atoms with Crippen LogP contribution in [0.1, 0.15) is 5.69 Å². The van der Waals surface area contributed by atoms with Gasteiger partial charge < -0.3 is 5.32 Å². The van der Waals surface area contributed by atoms with Crippen LogP contribution in [0.5, 0.6) is 0 Å². The molecule has 0 aliphatic heterocycles. The van der Waals surface area contributed by atoms with Gasteiger partial charge in [-0.25, -0.2) is 4.98 Å². The highest BCUT2D eigenvalue weighted by atomic mass is 32.2. The lowest BCUT2D eigenvalue weighted by Crippen LogP contribution is -2.05. The second kappa shape index (κ2) is 7.44. The minimum Gasteiger partial charge on any atom is -0.340 e. The molecule has 0 bridgehead atoms. The molecule has 2 heterocycles. The van der Waals surface area contributed by atoms with Crippen LogP contribution in [0.3, 0.4) is 0 Å². The van der Waals surface area contributed by atoms with Crippen LogP contribution >= 0.6 is 11.8 Å². The predicted molar refractivity (Wildman–Crippen MR) is 92.1 cm³/mol. The van der Waals surface area contributed by atoms with Gasteiger partial charge in [0.25, 0.3) is 11.7 Å². The fourth-order valence-electron chi connectivity index (χ4n) is 2.10. The van der Waals surface area contributed by atoms with Crippen molar-refractivity contribution in [3.05, 3.63) is 58.5 Å². The molecule has 0 saturated heterocycles. The lowest BCUT2D eigenvalue weighted by Gasteiger charge is -2.09. The number of nitrogens with zero attached hydrogens (tertiary/aromatic N) is 5. The van der Waals surface area contributed by atoms with Gasteiger partial charge in [0.1, 0.15) is 18.2 Å². The maximum absolute atomic E-state index is 12.3. The first-order valence-corrected chi connectivity index (χ1v) is 8.16. The number of nitro groups is 1. The first kappa shape index (κ1) is 17.7. The van der Waals surface area contributed by atoms with E-state index in [1.807, 2.05) is 0 Å². The number of aromatic nitrogens is 4. The van der Waals surface area contributed by atoms with Gasteiger partial charge in [-0.05, 0) is 31.2 Å². The van der Waals surface area contributed by atoms with Crippen LogP contribution in [0, 0.1) is 17.0 Å². The van der Waals surface area contributed by atoms with Crippen molar-refractivity contribution in [1.82, 2.24) is 19.7 Å². The highest BCUT2D eigenvalue weighted by Gasteiger charge is 2.13. The van der Waals surface area contributed by atoms with Crippen molar-refractivity contribution in [2.45, 2.75) is 17.6 Å². The van der Waals surface area contributed by atoms with E-state index in [1.54, 1.807) is 37.3 Å². The highest BCUT2D eigenvalue weighted by Crippen LogP contribution is 2.27. The minimum absolute atomic E-state index is 0.170. The molecule has 8 nitrogen and oxygen atoms in total. The van der Waals surface area contributed by atoms with Gasteiger partial charge in [0.15, 0.2) is 0 Å². The molecular weight excluding hydrogens is 366 g/mol. The standard InChI is InChI=1S/C15H12F2N6O2S/c1-9-6-13(20-10-2-4-12(5-3-10)26-14(16)17)21-15(19-9)22-8-11(7-18-22)23(24)25/h2-8,14H,1H3,(H,19,20,21). The molecule has 3 aromatic rings. The lowest BCUT2D eigenvalue weighted by molar-refractivity contribution is -0.384. The first-order valence-electron chi connectivity index (χ1n) is 7.28. The third-order valence-electron chi connectivity index (χ3n) is 3.18. The van der Waals surface area contributed by atoms with Gasteiger partial charge in [-0.1, -0.05) is 11.8 Å². The summed E-state index contributed by atoms with van der Waals surface area (Å²) < 4.78 is 25.9. The number of hydrogen-bond acceptors (Lipinski definition) is 7. The minimum atomic E-state index is -2.47. The Kier molecular flexibility index (Phi) is 5.07. The van der Waals surface area contributed by atoms with E-state index in [2.05, 4.69) is 20.4 Å². The van der Waals surface area contributed by atoms with Crippen LogP contribution in [0.4, 0.5) is 26.0 Å². The summed E-state index contributed by atoms with van der Waals surface area (Å²) in [4.78, 5) is 19.1. The summed E-state index contributed by atoms with van der Waals surface area (Å²) in [6.07, 6.45) is 2.33. The number of alkyl halides is 2. The van der Waals surface area contributed by atoms with E-state index in [0.717, 1.165) is 6.20 Å². The molecule has 0 atom stereocenters. The first-order chi connectivity index (χ1) is 12.4. The zero-order chi connectivity index (χ0) is 18.7.